The molecule has 3 aromatic carbocycles. The monoisotopic (exact) mass is 474 g/mol. The van der Waals surface area contributed by atoms with Gasteiger partial charge in [-0.05, 0) is 47.5 Å². The minimum absolute atomic E-state index is 0.119. The summed E-state index contributed by atoms with van der Waals surface area (Å²) in [4.78, 5) is 24.9. The molecule has 0 heterocycles. The first-order chi connectivity index (χ1) is 17.1. The summed E-state index contributed by atoms with van der Waals surface area (Å²) in [5, 5.41) is 6.01. The molecule has 0 unspecified atom stereocenters. The van der Waals surface area contributed by atoms with Crippen LogP contribution in [0.5, 0.6) is 11.5 Å². The molecule has 0 aliphatic carbocycles. The fourth-order valence-electron chi connectivity index (χ4n) is 3.85. The van der Waals surface area contributed by atoms with E-state index in [-0.39, 0.29) is 5.91 Å². The molecule has 1 amide bonds. The van der Waals surface area contributed by atoms with Crippen LogP contribution in [0, 0.1) is 0 Å². The second kappa shape index (κ2) is 13.9. The molecule has 0 saturated heterocycles. The fraction of sp³-hybridized carbons (Fsp3) is 0.345. The number of nitrogens with one attached hydrogen (secondary N) is 1. The van der Waals surface area contributed by atoms with Crippen molar-refractivity contribution < 1.29 is 19.1 Å². The van der Waals surface area contributed by atoms with Crippen molar-refractivity contribution in [2.24, 2.45) is 5.10 Å². The van der Waals surface area contributed by atoms with Crippen LogP contribution in [-0.2, 0) is 4.79 Å². The van der Waals surface area contributed by atoms with Crippen molar-refractivity contribution in [2.75, 3.05) is 7.11 Å². The fourth-order valence-corrected chi connectivity index (χ4v) is 3.85. The Hall–Kier alpha value is -3.67. The number of unbranched alkanes of at least 4 members (excludes halogenated alkanes) is 6. The summed E-state index contributed by atoms with van der Waals surface area (Å²) < 4.78 is 10.9. The molecular formula is C29H34N2O4. The third-order valence-corrected chi connectivity index (χ3v) is 5.85. The van der Waals surface area contributed by atoms with Crippen LogP contribution < -0.4 is 14.9 Å². The summed E-state index contributed by atoms with van der Waals surface area (Å²) in [6.45, 7) is 2.21. The number of fused-ring (bicyclic) bond motifs is 1. The van der Waals surface area contributed by atoms with Crippen LogP contribution in [0.4, 0.5) is 0 Å². The predicted octanol–water partition coefficient (Wildman–Crippen LogP) is 6.66. The van der Waals surface area contributed by atoms with Crippen LogP contribution in [0.1, 0.15) is 74.2 Å². The normalized spacial score (nSPS) is 11.0. The van der Waals surface area contributed by atoms with Gasteiger partial charge < -0.3 is 9.47 Å². The Morgan fingerprint density at radius 3 is 2.34 bits per heavy atom. The minimum atomic E-state index is -0.486. The molecule has 0 bridgehead atoms. The Bertz CT molecular complexity index is 1140. The van der Waals surface area contributed by atoms with Crippen molar-refractivity contribution in [2.45, 2.75) is 58.3 Å². The molecule has 6 heteroatoms. The van der Waals surface area contributed by atoms with Gasteiger partial charge in [-0.3, -0.25) is 4.79 Å². The molecule has 0 aromatic heterocycles. The zero-order valence-electron chi connectivity index (χ0n) is 20.6. The first-order valence-electron chi connectivity index (χ1n) is 12.3. The summed E-state index contributed by atoms with van der Waals surface area (Å²) in [7, 11) is 1.57. The Morgan fingerprint density at radius 1 is 0.886 bits per heavy atom. The molecular weight excluding hydrogens is 440 g/mol. The second-order valence-corrected chi connectivity index (χ2v) is 8.48. The topological polar surface area (TPSA) is 77.0 Å². The lowest BCUT2D eigenvalue weighted by molar-refractivity contribution is -0.121. The van der Waals surface area contributed by atoms with E-state index in [2.05, 4.69) is 17.5 Å². The van der Waals surface area contributed by atoms with Crippen molar-refractivity contribution in [1.29, 1.82) is 0 Å². The van der Waals surface area contributed by atoms with E-state index in [4.69, 9.17) is 9.47 Å². The number of hydrogen-bond donors (Lipinski definition) is 1. The van der Waals surface area contributed by atoms with E-state index in [1.165, 1.54) is 25.7 Å². The van der Waals surface area contributed by atoms with Crippen LogP contribution in [0.15, 0.2) is 65.8 Å². The van der Waals surface area contributed by atoms with E-state index < -0.39 is 5.97 Å². The number of esters is 1. The molecule has 0 fully saturated rings. The number of ether oxygens (including phenoxy) is 2. The number of hydrazone groups is 1. The summed E-state index contributed by atoms with van der Waals surface area (Å²) in [6.07, 6.45) is 10.1. The summed E-state index contributed by atoms with van der Waals surface area (Å²) in [5.41, 5.74) is 3.64. The third-order valence-electron chi connectivity index (χ3n) is 5.85. The molecule has 0 radical (unpaired) electrons. The Kier molecular flexibility index (Phi) is 10.3. The lowest BCUT2D eigenvalue weighted by atomic mass is 10.0. The quantitative estimate of drug-likeness (QED) is 0.0988. The molecule has 3 aromatic rings. The van der Waals surface area contributed by atoms with E-state index in [1.807, 2.05) is 30.3 Å². The average molecular weight is 475 g/mol. The van der Waals surface area contributed by atoms with Gasteiger partial charge in [-0.25, -0.2) is 10.2 Å². The maximum absolute atomic E-state index is 12.7. The zero-order chi connectivity index (χ0) is 24.9. The molecule has 0 saturated carbocycles. The third kappa shape index (κ3) is 7.95. The molecule has 35 heavy (non-hydrogen) atoms. The largest absolute Gasteiger partial charge is 0.497 e. The van der Waals surface area contributed by atoms with Crippen molar-refractivity contribution in [3.63, 3.8) is 0 Å². The lowest BCUT2D eigenvalue weighted by Gasteiger charge is -2.11. The second-order valence-electron chi connectivity index (χ2n) is 8.48. The van der Waals surface area contributed by atoms with Crippen LogP contribution in [-0.4, -0.2) is 25.2 Å². The van der Waals surface area contributed by atoms with Gasteiger partial charge in [0.25, 0.3) is 0 Å². The maximum atomic E-state index is 12.7. The number of methoxy groups -OCH3 is 1. The van der Waals surface area contributed by atoms with Gasteiger partial charge >= 0.3 is 5.97 Å². The Balaban J connectivity index is 1.65. The molecule has 0 aliphatic rings. The molecule has 1 N–H and O–H groups in total. The molecule has 184 valence electrons. The number of carbonyl (C=O) groups excluding carboxylic acids is 2. The van der Waals surface area contributed by atoms with Crippen LogP contribution >= 0.6 is 0 Å². The van der Waals surface area contributed by atoms with Gasteiger partial charge in [-0.15, -0.1) is 0 Å². The van der Waals surface area contributed by atoms with Gasteiger partial charge in [0.2, 0.25) is 5.91 Å². The molecule has 0 atom stereocenters. The summed E-state index contributed by atoms with van der Waals surface area (Å²) in [6, 6.07) is 18.1. The lowest BCUT2D eigenvalue weighted by Crippen LogP contribution is -2.17. The highest BCUT2D eigenvalue weighted by atomic mass is 16.5. The van der Waals surface area contributed by atoms with E-state index in [9.17, 15) is 9.59 Å². The first kappa shape index (κ1) is 25.9. The zero-order valence-corrected chi connectivity index (χ0v) is 20.6. The molecule has 3 rings (SSSR count). The van der Waals surface area contributed by atoms with Crippen LogP contribution in [0.3, 0.4) is 0 Å². The standard InChI is InChI=1S/C29H34N2O4/c1-3-4-5-6-7-8-9-14-28(32)31-30-21-26-25-13-11-10-12-22(25)17-20-27(26)35-29(33)23-15-18-24(34-2)19-16-23/h10-13,15-21H,3-9,14H2,1-2H3,(H,31,32)/b30-21-. The number of amides is 1. The molecule has 0 spiro atoms. The summed E-state index contributed by atoms with van der Waals surface area (Å²) >= 11 is 0. The highest BCUT2D eigenvalue weighted by molar-refractivity contribution is 6.04. The van der Waals surface area contributed by atoms with Crippen molar-refractivity contribution >= 4 is 28.9 Å². The van der Waals surface area contributed by atoms with E-state index in [0.717, 1.165) is 30.0 Å². The highest BCUT2D eigenvalue weighted by Gasteiger charge is 2.14. The van der Waals surface area contributed by atoms with Gasteiger partial charge in [0, 0.05) is 12.0 Å². The summed E-state index contributed by atoms with van der Waals surface area (Å²) in [5.74, 6) is 0.425. The number of carbonyl (C=O) groups is 2. The minimum Gasteiger partial charge on any atom is -0.497 e. The van der Waals surface area contributed by atoms with Gasteiger partial charge in [-0.1, -0.05) is 75.8 Å². The number of hydrogen-bond acceptors (Lipinski definition) is 5. The van der Waals surface area contributed by atoms with E-state index in [0.29, 0.717) is 29.0 Å². The van der Waals surface area contributed by atoms with E-state index >= 15 is 0 Å². The Labute approximate surface area is 207 Å². The van der Waals surface area contributed by atoms with Crippen molar-refractivity contribution in [3.8, 4) is 11.5 Å². The number of nitrogens with zero attached hydrogens (tertiary/aromatic N) is 1. The number of benzene rings is 3. The van der Waals surface area contributed by atoms with Crippen molar-refractivity contribution in [3.05, 3.63) is 71.8 Å². The van der Waals surface area contributed by atoms with Crippen LogP contribution in [0.2, 0.25) is 0 Å². The average Bonchev–Trinajstić information content (AvgIpc) is 2.89. The van der Waals surface area contributed by atoms with Crippen molar-refractivity contribution in [1.82, 2.24) is 5.43 Å². The Morgan fingerprint density at radius 2 is 1.60 bits per heavy atom. The number of rotatable bonds is 13. The van der Waals surface area contributed by atoms with Gasteiger partial charge in [0.15, 0.2) is 0 Å². The van der Waals surface area contributed by atoms with Gasteiger partial charge in [0.05, 0.1) is 18.9 Å². The predicted molar refractivity (Wildman–Crippen MR) is 140 cm³/mol. The SMILES string of the molecule is CCCCCCCCCC(=O)N/N=C\c1c(OC(=O)c2ccc(OC)cc2)ccc2ccccc12. The van der Waals surface area contributed by atoms with Crippen LogP contribution in [0.25, 0.3) is 10.8 Å². The molecule has 0 aliphatic heterocycles. The van der Waals surface area contributed by atoms with E-state index in [1.54, 1.807) is 43.7 Å². The maximum Gasteiger partial charge on any atom is 0.343 e. The van der Waals surface area contributed by atoms with Gasteiger partial charge in [-0.2, -0.15) is 5.10 Å². The highest BCUT2D eigenvalue weighted by Crippen LogP contribution is 2.27. The smallest absolute Gasteiger partial charge is 0.343 e. The van der Waals surface area contributed by atoms with Gasteiger partial charge in [0.1, 0.15) is 11.5 Å². The molecule has 6 nitrogen and oxygen atoms in total. The first-order valence-corrected chi connectivity index (χ1v) is 12.3.